The second-order valence-electron chi connectivity index (χ2n) is 4.79. The number of aromatic nitrogens is 1. The maximum Gasteiger partial charge on any atom is 0.246 e. The third-order valence-electron chi connectivity index (χ3n) is 2.71. The number of hydrogen-bond acceptors (Lipinski definition) is 5. The molecule has 0 saturated heterocycles. The van der Waals surface area contributed by atoms with Crippen LogP contribution in [0.15, 0.2) is 23.4 Å². The summed E-state index contributed by atoms with van der Waals surface area (Å²) in [7, 11) is -1.99. The number of anilines is 1. The standard InChI is InChI=1S/C13H20N4O2S/c1-11(2)10-17(8-4-6-14)20(18,19)13-9-16-7-5-12(13)15-3/h5,7,9,11H,4,8,10H2,1-3H3,(H,15,16). The van der Waals surface area contributed by atoms with Crippen LogP contribution in [0.4, 0.5) is 5.69 Å². The maximum absolute atomic E-state index is 12.7. The van der Waals surface area contributed by atoms with E-state index in [1.54, 1.807) is 13.1 Å². The van der Waals surface area contributed by atoms with Crippen LogP contribution < -0.4 is 5.32 Å². The smallest absolute Gasteiger partial charge is 0.246 e. The third-order valence-corrected chi connectivity index (χ3v) is 4.61. The first-order valence-corrected chi connectivity index (χ1v) is 7.86. The number of rotatable bonds is 7. The molecule has 0 atom stereocenters. The van der Waals surface area contributed by atoms with Crippen molar-refractivity contribution < 1.29 is 8.42 Å². The van der Waals surface area contributed by atoms with Gasteiger partial charge in [0.25, 0.3) is 0 Å². The van der Waals surface area contributed by atoms with Gasteiger partial charge < -0.3 is 5.32 Å². The number of hydrogen-bond donors (Lipinski definition) is 1. The summed E-state index contributed by atoms with van der Waals surface area (Å²) in [4.78, 5) is 4.03. The summed E-state index contributed by atoms with van der Waals surface area (Å²) in [6.45, 7) is 4.45. The van der Waals surface area contributed by atoms with Gasteiger partial charge in [-0.1, -0.05) is 13.8 Å². The van der Waals surface area contributed by atoms with Crippen LogP contribution in [-0.4, -0.2) is 37.8 Å². The minimum atomic E-state index is -3.65. The summed E-state index contributed by atoms with van der Waals surface area (Å²) in [6.07, 6.45) is 3.04. The summed E-state index contributed by atoms with van der Waals surface area (Å²) < 4.78 is 26.7. The molecule has 20 heavy (non-hydrogen) atoms. The van der Waals surface area contributed by atoms with Crippen LogP contribution in [0.25, 0.3) is 0 Å². The van der Waals surface area contributed by atoms with Gasteiger partial charge in [-0.3, -0.25) is 4.98 Å². The van der Waals surface area contributed by atoms with Crippen molar-refractivity contribution in [3.8, 4) is 6.07 Å². The number of pyridine rings is 1. The molecule has 0 radical (unpaired) electrons. The molecule has 0 aromatic carbocycles. The average Bonchev–Trinajstić information content (AvgIpc) is 2.42. The highest BCUT2D eigenvalue weighted by molar-refractivity contribution is 7.89. The van der Waals surface area contributed by atoms with Crippen LogP contribution in [0.3, 0.4) is 0 Å². The van der Waals surface area contributed by atoms with Gasteiger partial charge in [0.15, 0.2) is 0 Å². The van der Waals surface area contributed by atoms with Gasteiger partial charge in [-0.05, 0) is 12.0 Å². The molecule has 7 heteroatoms. The zero-order valence-corrected chi connectivity index (χ0v) is 12.8. The van der Waals surface area contributed by atoms with Crippen molar-refractivity contribution in [2.75, 3.05) is 25.5 Å². The largest absolute Gasteiger partial charge is 0.387 e. The van der Waals surface area contributed by atoms with Crippen LogP contribution in [0.1, 0.15) is 20.3 Å². The van der Waals surface area contributed by atoms with Crippen molar-refractivity contribution in [3.05, 3.63) is 18.5 Å². The first kappa shape index (κ1) is 16.4. The van der Waals surface area contributed by atoms with Crippen LogP contribution in [0, 0.1) is 17.2 Å². The monoisotopic (exact) mass is 296 g/mol. The predicted octanol–water partition coefficient (Wildman–Crippen LogP) is 1.68. The van der Waals surface area contributed by atoms with Crippen molar-refractivity contribution in [2.45, 2.75) is 25.2 Å². The van der Waals surface area contributed by atoms with E-state index in [9.17, 15) is 8.42 Å². The van der Waals surface area contributed by atoms with Gasteiger partial charge >= 0.3 is 0 Å². The maximum atomic E-state index is 12.7. The minimum absolute atomic E-state index is 0.140. The van der Waals surface area contributed by atoms with Gasteiger partial charge in [-0.15, -0.1) is 0 Å². The van der Waals surface area contributed by atoms with Gasteiger partial charge in [0, 0.05) is 39.0 Å². The average molecular weight is 296 g/mol. The van der Waals surface area contributed by atoms with Crippen molar-refractivity contribution in [2.24, 2.45) is 5.92 Å². The molecule has 1 heterocycles. The highest BCUT2D eigenvalue weighted by atomic mass is 32.2. The summed E-state index contributed by atoms with van der Waals surface area (Å²) in [5.74, 6) is 0.179. The van der Waals surface area contributed by atoms with Gasteiger partial charge in [0.2, 0.25) is 10.0 Å². The zero-order chi connectivity index (χ0) is 15.2. The Bertz CT molecular complexity index is 578. The van der Waals surface area contributed by atoms with Crippen LogP contribution >= 0.6 is 0 Å². The molecule has 0 aliphatic carbocycles. The minimum Gasteiger partial charge on any atom is -0.387 e. The fraction of sp³-hybridized carbons (Fsp3) is 0.538. The van der Waals surface area contributed by atoms with Crippen LogP contribution in [0.5, 0.6) is 0 Å². The van der Waals surface area contributed by atoms with E-state index in [1.165, 1.54) is 16.7 Å². The summed E-state index contributed by atoms with van der Waals surface area (Å²) in [5, 5.41) is 11.5. The highest BCUT2D eigenvalue weighted by Crippen LogP contribution is 2.24. The molecular weight excluding hydrogens is 276 g/mol. The van der Waals surface area contributed by atoms with Gasteiger partial charge in [0.1, 0.15) is 4.90 Å². The van der Waals surface area contributed by atoms with Crippen LogP contribution in [0.2, 0.25) is 0 Å². The molecule has 6 nitrogen and oxygen atoms in total. The number of nitriles is 1. The second-order valence-corrected chi connectivity index (χ2v) is 6.69. The zero-order valence-electron chi connectivity index (χ0n) is 12.0. The molecule has 0 bridgehead atoms. The SMILES string of the molecule is CNc1ccncc1S(=O)(=O)N(CCC#N)CC(C)C. The molecule has 0 unspecified atom stereocenters. The Balaban J connectivity index is 3.18. The Hall–Kier alpha value is -1.65. The Morgan fingerprint density at radius 1 is 1.50 bits per heavy atom. The Kier molecular flexibility index (Phi) is 5.92. The van der Waals surface area contributed by atoms with Gasteiger partial charge in [0.05, 0.1) is 11.8 Å². The van der Waals surface area contributed by atoms with E-state index in [0.717, 1.165) is 0 Å². The lowest BCUT2D eigenvalue weighted by molar-refractivity contribution is 0.373. The van der Waals surface area contributed by atoms with E-state index in [4.69, 9.17) is 5.26 Å². The number of sulfonamides is 1. The molecule has 0 saturated carbocycles. The van der Waals surface area contributed by atoms with Crippen molar-refractivity contribution in [1.82, 2.24) is 9.29 Å². The molecular formula is C13H20N4O2S. The first-order valence-electron chi connectivity index (χ1n) is 6.42. The molecule has 0 fully saturated rings. The lowest BCUT2D eigenvalue weighted by Gasteiger charge is -2.23. The molecule has 0 spiro atoms. The van der Waals surface area contributed by atoms with E-state index in [1.807, 2.05) is 19.9 Å². The lowest BCUT2D eigenvalue weighted by atomic mass is 10.2. The normalized spacial score (nSPS) is 11.6. The quantitative estimate of drug-likeness (QED) is 0.827. The Labute approximate surface area is 120 Å². The highest BCUT2D eigenvalue weighted by Gasteiger charge is 2.27. The predicted molar refractivity (Wildman–Crippen MR) is 77.6 cm³/mol. The van der Waals surface area contributed by atoms with Gasteiger partial charge in [-0.2, -0.15) is 9.57 Å². The summed E-state index contributed by atoms with van der Waals surface area (Å²) >= 11 is 0. The lowest BCUT2D eigenvalue weighted by Crippen LogP contribution is -2.35. The van der Waals surface area contributed by atoms with E-state index in [2.05, 4.69) is 10.3 Å². The topological polar surface area (TPSA) is 86.1 Å². The first-order chi connectivity index (χ1) is 9.43. The summed E-state index contributed by atoms with van der Waals surface area (Å²) in [5.41, 5.74) is 0.505. The molecule has 0 aliphatic rings. The molecule has 1 rings (SSSR count). The molecule has 1 N–H and O–H groups in total. The third kappa shape index (κ3) is 3.92. The van der Waals surface area contributed by atoms with Crippen molar-refractivity contribution in [3.63, 3.8) is 0 Å². The van der Waals surface area contributed by atoms with Crippen LogP contribution in [-0.2, 0) is 10.0 Å². The molecule has 1 aromatic rings. The van der Waals surface area contributed by atoms with Gasteiger partial charge in [-0.25, -0.2) is 8.42 Å². The summed E-state index contributed by atoms with van der Waals surface area (Å²) in [6, 6.07) is 3.60. The van der Waals surface area contributed by atoms with E-state index < -0.39 is 10.0 Å². The van der Waals surface area contributed by atoms with E-state index in [0.29, 0.717) is 12.2 Å². The number of nitrogens with one attached hydrogen (secondary N) is 1. The Morgan fingerprint density at radius 3 is 2.75 bits per heavy atom. The van der Waals surface area contributed by atoms with Crippen molar-refractivity contribution in [1.29, 1.82) is 5.26 Å². The molecule has 1 aromatic heterocycles. The number of nitrogens with zero attached hydrogens (tertiary/aromatic N) is 3. The molecule has 110 valence electrons. The fourth-order valence-corrected chi connectivity index (χ4v) is 3.57. The molecule has 0 amide bonds. The molecule has 0 aliphatic heterocycles. The van der Waals surface area contributed by atoms with Crippen molar-refractivity contribution >= 4 is 15.7 Å². The Morgan fingerprint density at radius 2 is 2.20 bits per heavy atom. The van der Waals surface area contributed by atoms with E-state index in [-0.39, 0.29) is 23.8 Å². The fourth-order valence-electron chi connectivity index (χ4n) is 1.82. The van der Waals surface area contributed by atoms with E-state index >= 15 is 0 Å². The second kappa shape index (κ2) is 7.22.